The van der Waals surface area contributed by atoms with Gasteiger partial charge in [-0.15, -0.1) is 0 Å². The number of para-hydroxylation sites is 1. The maximum atomic E-state index is 12.7. The van der Waals surface area contributed by atoms with E-state index in [1.807, 2.05) is 6.92 Å². The Morgan fingerprint density at radius 1 is 1.29 bits per heavy atom. The molecular weight excluding hydrogens is 380 g/mol. The monoisotopic (exact) mass is 398 g/mol. The fourth-order valence-electron chi connectivity index (χ4n) is 2.66. The van der Waals surface area contributed by atoms with Crippen molar-refractivity contribution in [2.24, 2.45) is 4.99 Å². The van der Waals surface area contributed by atoms with Crippen molar-refractivity contribution in [2.75, 3.05) is 13.7 Å². The summed E-state index contributed by atoms with van der Waals surface area (Å²) in [7, 11) is 1.45. The average molecular weight is 398 g/mol. The highest BCUT2D eigenvalue weighted by Gasteiger charge is 2.32. The zero-order valence-corrected chi connectivity index (χ0v) is 16.1. The number of nitrogens with zero attached hydrogens (tertiary/aromatic N) is 2. The van der Waals surface area contributed by atoms with E-state index in [0.717, 1.165) is 0 Å². The minimum atomic E-state index is -1.08. The minimum absolute atomic E-state index is 0.0118. The van der Waals surface area contributed by atoms with Gasteiger partial charge in [-0.2, -0.15) is 0 Å². The first-order valence-corrected chi connectivity index (χ1v) is 9.25. The average Bonchev–Trinajstić information content (AvgIpc) is 2.97. The second kappa shape index (κ2) is 8.18. The van der Waals surface area contributed by atoms with Crippen molar-refractivity contribution >= 4 is 40.6 Å². The van der Waals surface area contributed by atoms with E-state index in [4.69, 9.17) is 4.74 Å². The molecule has 28 heavy (non-hydrogen) atoms. The van der Waals surface area contributed by atoms with Crippen LogP contribution in [0.15, 0.2) is 52.4 Å². The van der Waals surface area contributed by atoms with E-state index in [1.165, 1.54) is 35.9 Å². The number of hydrogen-bond acceptors (Lipinski definition) is 6. The van der Waals surface area contributed by atoms with E-state index in [2.05, 4.69) is 4.99 Å². The number of methoxy groups -OCH3 is 1. The highest BCUT2D eigenvalue weighted by molar-refractivity contribution is 8.18. The van der Waals surface area contributed by atoms with Crippen LogP contribution in [0.5, 0.6) is 11.5 Å². The van der Waals surface area contributed by atoms with Gasteiger partial charge in [0.05, 0.1) is 23.3 Å². The summed E-state index contributed by atoms with van der Waals surface area (Å²) in [5.74, 6) is -0.977. The van der Waals surface area contributed by atoms with Crippen molar-refractivity contribution < 1.29 is 24.5 Å². The first kappa shape index (κ1) is 19.5. The first-order valence-electron chi connectivity index (χ1n) is 8.44. The molecule has 2 N–H and O–H groups in total. The zero-order chi connectivity index (χ0) is 20.3. The number of aromatic hydroxyl groups is 1. The number of aromatic carboxylic acids is 1. The fourth-order valence-corrected chi connectivity index (χ4v) is 3.72. The van der Waals surface area contributed by atoms with Crippen LogP contribution in [-0.4, -0.2) is 45.8 Å². The van der Waals surface area contributed by atoms with Gasteiger partial charge in [-0.05, 0) is 54.6 Å². The molecule has 0 spiro atoms. The Kier molecular flexibility index (Phi) is 5.70. The van der Waals surface area contributed by atoms with Crippen LogP contribution < -0.4 is 4.74 Å². The number of aliphatic imine (C=N–C) groups is 1. The van der Waals surface area contributed by atoms with Crippen molar-refractivity contribution in [3.05, 3.63) is 58.5 Å². The summed E-state index contributed by atoms with van der Waals surface area (Å²) in [5.41, 5.74) is 1.05. The maximum Gasteiger partial charge on any atom is 0.337 e. The van der Waals surface area contributed by atoms with Gasteiger partial charge in [-0.1, -0.05) is 18.2 Å². The fraction of sp³-hybridized carbons (Fsp3) is 0.150. The Labute approximate surface area is 166 Å². The molecule has 1 aliphatic heterocycles. The molecule has 0 radical (unpaired) electrons. The summed E-state index contributed by atoms with van der Waals surface area (Å²) in [6, 6.07) is 11.2. The molecule has 3 rings (SSSR count). The lowest BCUT2D eigenvalue weighted by molar-refractivity contribution is -0.122. The molecule has 1 fully saturated rings. The van der Waals surface area contributed by atoms with Gasteiger partial charge in [0.1, 0.15) is 0 Å². The second-order valence-electron chi connectivity index (χ2n) is 5.81. The molecule has 144 valence electrons. The number of ether oxygens (including phenoxy) is 1. The van der Waals surface area contributed by atoms with Gasteiger partial charge in [-0.3, -0.25) is 9.69 Å². The van der Waals surface area contributed by atoms with Crippen LogP contribution in [0, 0.1) is 0 Å². The van der Waals surface area contributed by atoms with Crippen LogP contribution in [0.3, 0.4) is 0 Å². The van der Waals surface area contributed by atoms with E-state index in [1.54, 1.807) is 36.4 Å². The Balaban J connectivity index is 1.98. The number of carboxylic acids is 1. The number of rotatable bonds is 5. The van der Waals surface area contributed by atoms with Crippen molar-refractivity contribution in [1.82, 2.24) is 4.90 Å². The predicted molar refractivity (Wildman–Crippen MR) is 108 cm³/mol. The van der Waals surface area contributed by atoms with Crippen LogP contribution >= 0.6 is 11.8 Å². The van der Waals surface area contributed by atoms with Gasteiger partial charge in [0.25, 0.3) is 5.91 Å². The number of thioether (sulfide) groups is 1. The van der Waals surface area contributed by atoms with Gasteiger partial charge < -0.3 is 14.9 Å². The third-order valence-corrected chi connectivity index (χ3v) is 5.06. The van der Waals surface area contributed by atoms with Crippen LogP contribution in [0.25, 0.3) is 6.08 Å². The molecule has 0 saturated carbocycles. The molecule has 0 unspecified atom stereocenters. The van der Waals surface area contributed by atoms with E-state index in [0.29, 0.717) is 27.9 Å². The van der Waals surface area contributed by atoms with Gasteiger partial charge in [0, 0.05) is 6.54 Å². The van der Waals surface area contributed by atoms with Crippen molar-refractivity contribution in [3.63, 3.8) is 0 Å². The number of carboxylic acid groups (broad SMARTS) is 1. The van der Waals surface area contributed by atoms with Crippen molar-refractivity contribution in [3.8, 4) is 11.5 Å². The van der Waals surface area contributed by atoms with Gasteiger partial charge in [0.15, 0.2) is 16.7 Å². The van der Waals surface area contributed by atoms with Crippen molar-refractivity contribution in [2.45, 2.75) is 6.92 Å². The van der Waals surface area contributed by atoms with Gasteiger partial charge in [-0.25, -0.2) is 9.79 Å². The Morgan fingerprint density at radius 3 is 2.71 bits per heavy atom. The normalized spacial score (nSPS) is 16.8. The van der Waals surface area contributed by atoms with E-state index in [-0.39, 0.29) is 22.9 Å². The summed E-state index contributed by atoms with van der Waals surface area (Å²) in [4.78, 5) is 30.5. The topological polar surface area (TPSA) is 99.4 Å². The summed E-state index contributed by atoms with van der Waals surface area (Å²) >= 11 is 1.17. The molecule has 1 saturated heterocycles. The SMILES string of the molecule is CCN1C(=O)/C(=C/c2ccc(O)c(OC)c2)SC1=Nc1ccccc1C(=O)O. The molecule has 1 amide bonds. The third kappa shape index (κ3) is 3.86. The molecule has 0 aromatic heterocycles. The summed E-state index contributed by atoms with van der Waals surface area (Å²) in [6.07, 6.45) is 1.68. The van der Waals surface area contributed by atoms with Crippen LogP contribution in [0.1, 0.15) is 22.8 Å². The molecule has 0 aliphatic carbocycles. The molecule has 0 atom stereocenters. The molecule has 2 aromatic rings. The summed E-state index contributed by atoms with van der Waals surface area (Å²) in [6.45, 7) is 2.22. The first-order chi connectivity index (χ1) is 13.4. The lowest BCUT2D eigenvalue weighted by Crippen LogP contribution is -2.28. The van der Waals surface area contributed by atoms with Gasteiger partial charge in [0.2, 0.25) is 0 Å². The number of likely N-dealkylation sites (N-methyl/N-ethyl adjacent to an activating group) is 1. The van der Waals surface area contributed by atoms with Crippen LogP contribution in [0.2, 0.25) is 0 Å². The minimum Gasteiger partial charge on any atom is -0.504 e. The number of carbonyl (C=O) groups is 2. The number of hydrogen-bond donors (Lipinski definition) is 2. The lowest BCUT2D eigenvalue weighted by Gasteiger charge is -2.12. The number of benzene rings is 2. The smallest absolute Gasteiger partial charge is 0.337 e. The number of carbonyl (C=O) groups excluding carboxylic acids is 1. The molecule has 8 heteroatoms. The Hall–Kier alpha value is -3.26. The predicted octanol–water partition coefficient (Wildman–Crippen LogP) is 3.72. The lowest BCUT2D eigenvalue weighted by atomic mass is 10.2. The highest BCUT2D eigenvalue weighted by Crippen LogP contribution is 2.36. The molecule has 1 aliphatic rings. The zero-order valence-electron chi connectivity index (χ0n) is 15.2. The maximum absolute atomic E-state index is 12.7. The van der Waals surface area contributed by atoms with E-state index < -0.39 is 5.97 Å². The third-order valence-electron chi connectivity index (χ3n) is 4.06. The van der Waals surface area contributed by atoms with Crippen LogP contribution in [-0.2, 0) is 4.79 Å². The quantitative estimate of drug-likeness (QED) is 0.745. The highest BCUT2D eigenvalue weighted by atomic mass is 32.2. The van der Waals surface area contributed by atoms with Gasteiger partial charge >= 0.3 is 5.97 Å². The molecule has 0 bridgehead atoms. The van der Waals surface area contributed by atoms with E-state index in [9.17, 15) is 19.8 Å². The number of amides is 1. The number of amidine groups is 1. The van der Waals surface area contributed by atoms with Crippen molar-refractivity contribution in [1.29, 1.82) is 0 Å². The Morgan fingerprint density at radius 2 is 2.04 bits per heavy atom. The second-order valence-corrected chi connectivity index (χ2v) is 6.82. The Bertz CT molecular complexity index is 1000. The van der Waals surface area contributed by atoms with E-state index >= 15 is 0 Å². The number of phenolic OH excluding ortho intramolecular Hbond substituents is 1. The largest absolute Gasteiger partial charge is 0.504 e. The molecule has 1 heterocycles. The molecule has 7 nitrogen and oxygen atoms in total. The standard InChI is InChI=1S/C20H18N2O5S/c1-3-22-18(24)17(11-12-8-9-15(23)16(10-12)27-2)28-20(22)21-14-7-5-4-6-13(14)19(25)26/h4-11,23H,3H2,1-2H3,(H,25,26)/b17-11-,21-20?. The summed E-state index contributed by atoms with van der Waals surface area (Å²) < 4.78 is 5.09. The summed E-state index contributed by atoms with van der Waals surface area (Å²) in [5, 5.41) is 19.5. The molecular formula is C20H18N2O5S. The molecule has 2 aromatic carbocycles. The van der Waals surface area contributed by atoms with Crippen LogP contribution in [0.4, 0.5) is 5.69 Å². The number of phenols is 1.